The van der Waals surface area contributed by atoms with Gasteiger partial charge in [0.2, 0.25) is 0 Å². The van der Waals surface area contributed by atoms with E-state index in [1.54, 1.807) is 0 Å². The van der Waals surface area contributed by atoms with Crippen molar-refractivity contribution in [3.8, 4) is 45.0 Å². The van der Waals surface area contributed by atoms with Crippen molar-refractivity contribution < 1.29 is 9.31 Å². The molecule has 39 heavy (non-hydrogen) atoms. The van der Waals surface area contributed by atoms with E-state index < -0.39 is 0 Å². The first-order chi connectivity index (χ1) is 18.8. The molecule has 0 atom stereocenters. The summed E-state index contributed by atoms with van der Waals surface area (Å²) in [6.45, 7) is 8.30. The molecule has 0 N–H and O–H groups in total. The van der Waals surface area contributed by atoms with Crippen molar-refractivity contribution in [2.45, 2.75) is 38.9 Å². The summed E-state index contributed by atoms with van der Waals surface area (Å²) in [5.74, 6) is 0.700. The Morgan fingerprint density at radius 1 is 0.487 bits per heavy atom. The number of hydrogen-bond donors (Lipinski definition) is 0. The van der Waals surface area contributed by atoms with Crippen molar-refractivity contribution in [2.75, 3.05) is 0 Å². The second-order valence-electron chi connectivity index (χ2n) is 11.0. The van der Waals surface area contributed by atoms with Crippen LogP contribution in [0.25, 0.3) is 45.0 Å². The summed E-state index contributed by atoms with van der Waals surface area (Å²) in [7, 11) is -0.374. The van der Waals surface area contributed by atoms with Crippen LogP contribution in [0.5, 0.6) is 0 Å². The second kappa shape index (κ2) is 9.92. The minimum Gasteiger partial charge on any atom is -0.399 e. The average Bonchev–Trinajstić information content (AvgIpc) is 3.20. The Kier molecular flexibility index (Phi) is 6.42. The number of nitrogens with zero attached hydrogens (tertiary/aromatic N) is 2. The van der Waals surface area contributed by atoms with Crippen LogP contribution >= 0.6 is 0 Å². The molecule has 192 valence electrons. The molecule has 2 heterocycles. The van der Waals surface area contributed by atoms with Gasteiger partial charge in [-0.15, -0.1) is 0 Å². The molecule has 0 saturated carbocycles. The van der Waals surface area contributed by atoms with E-state index in [1.165, 1.54) is 0 Å². The van der Waals surface area contributed by atoms with E-state index in [0.29, 0.717) is 5.82 Å². The zero-order valence-corrected chi connectivity index (χ0v) is 22.8. The fraction of sp³-hybridized carbons (Fsp3) is 0.176. The third-order valence-electron chi connectivity index (χ3n) is 7.76. The molecule has 0 bridgehead atoms. The second-order valence-corrected chi connectivity index (χ2v) is 11.0. The summed E-state index contributed by atoms with van der Waals surface area (Å²) < 4.78 is 12.5. The van der Waals surface area contributed by atoms with Crippen LogP contribution < -0.4 is 5.46 Å². The number of aromatic nitrogens is 2. The van der Waals surface area contributed by atoms with Crippen LogP contribution in [0.3, 0.4) is 0 Å². The van der Waals surface area contributed by atoms with Crippen LogP contribution in [0, 0.1) is 0 Å². The van der Waals surface area contributed by atoms with Gasteiger partial charge in [0.05, 0.1) is 22.6 Å². The van der Waals surface area contributed by atoms with Gasteiger partial charge in [-0.3, -0.25) is 0 Å². The molecule has 6 rings (SSSR count). The molecule has 1 fully saturated rings. The quantitative estimate of drug-likeness (QED) is 0.231. The molecule has 5 heteroatoms. The Balaban J connectivity index is 1.35. The van der Waals surface area contributed by atoms with E-state index in [-0.39, 0.29) is 18.3 Å². The highest BCUT2D eigenvalue weighted by molar-refractivity contribution is 6.62. The first-order valence-electron chi connectivity index (χ1n) is 13.4. The maximum absolute atomic E-state index is 6.23. The molecular weight excluding hydrogens is 479 g/mol. The van der Waals surface area contributed by atoms with Gasteiger partial charge in [-0.05, 0) is 56.4 Å². The van der Waals surface area contributed by atoms with Gasteiger partial charge >= 0.3 is 7.12 Å². The highest BCUT2D eigenvalue weighted by Crippen LogP contribution is 2.36. The highest BCUT2D eigenvalue weighted by atomic mass is 16.7. The van der Waals surface area contributed by atoms with E-state index >= 15 is 0 Å². The lowest BCUT2D eigenvalue weighted by atomic mass is 9.78. The topological polar surface area (TPSA) is 44.2 Å². The van der Waals surface area contributed by atoms with Crippen LogP contribution in [0.15, 0.2) is 115 Å². The standard InChI is InChI=1S/C34H31BN2O2/c1-33(2)34(3,4)39-35(38-33)29-20-18-24(19-21-29)27-16-11-17-28(22-27)32-36-30(25-12-7-5-8-13-25)23-31(37-32)26-14-9-6-10-15-26/h5-23H,1-4H3. The summed E-state index contributed by atoms with van der Waals surface area (Å²) in [6.07, 6.45) is 0. The first kappa shape index (κ1) is 25.2. The molecule has 4 nitrogen and oxygen atoms in total. The van der Waals surface area contributed by atoms with Gasteiger partial charge in [-0.2, -0.15) is 0 Å². The lowest BCUT2D eigenvalue weighted by molar-refractivity contribution is 0.00578. The van der Waals surface area contributed by atoms with E-state index in [9.17, 15) is 0 Å². The normalized spacial score (nSPS) is 15.8. The van der Waals surface area contributed by atoms with Gasteiger partial charge in [0, 0.05) is 16.7 Å². The average molecular weight is 510 g/mol. The van der Waals surface area contributed by atoms with Gasteiger partial charge in [0.15, 0.2) is 5.82 Å². The Morgan fingerprint density at radius 2 is 0.974 bits per heavy atom. The lowest BCUT2D eigenvalue weighted by Gasteiger charge is -2.32. The van der Waals surface area contributed by atoms with Crippen molar-refractivity contribution in [3.63, 3.8) is 0 Å². The van der Waals surface area contributed by atoms with Gasteiger partial charge in [-0.25, -0.2) is 9.97 Å². The van der Waals surface area contributed by atoms with Gasteiger partial charge in [0.1, 0.15) is 0 Å². The number of benzene rings is 4. The molecule has 0 aliphatic carbocycles. The molecule has 1 aliphatic rings. The predicted molar refractivity (Wildman–Crippen MR) is 159 cm³/mol. The van der Waals surface area contributed by atoms with E-state index in [0.717, 1.165) is 44.7 Å². The largest absolute Gasteiger partial charge is 0.494 e. The van der Waals surface area contributed by atoms with Crippen LogP contribution in [0.1, 0.15) is 27.7 Å². The minimum absolute atomic E-state index is 0.364. The molecular formula is C34H31BN2O2. The van der Waals surface area contributed by atoms with Gasteiger partial charge in [0.25, 0.3) is 0 Å². The minimum atomic E-state index is -0.374. The molecule has 0 spiro atoms. The maximum atomic E-state index is 6.23. The Bertz CT molecular complexity index is 1530. The van der Waals surface area contributed by atoms with Crippen LogP contribution in [-0.4, -0.2) is 28.3 Å². The van der Waals surface area contributed by atoms with E-state index in [2.05, 4.69) is 107 Å². The van der Waals surface area contributed by atoms with Gasteiger partial charge < -0.3 is 9.31 Å². The van der Waals surface area contributed by atoms with Crippen molar-refractivity contribution in [3.05, 3.63) is 115 Å². The lowest BCUT2D eigenvalue weighted by Crippen LogP contribution is -2.41. The first-order valence-corrected chi connectivity index (χ1v) is 13.4. The van der Waals surface area contributed by atoms with E-state index in [1.807, 2.05) is 36.4 Å². The SMILES string of the molecule is CC1(C)OB(c2ccc(-c3cccc(-c4nc(-c5ccccc5)cc(-c5ccccc5)n4)c3)cc2)OC1(C)C. The number of hydrogen-bond acceptors (Lipinski definition) is 4. The maximum Gasteiger partial charge on any atom is 0.494 e. The van der Waals surface area contributed by atoms with Crippen LogP contribution in [-0.2, 0) is 9.31 Å². The number of rotatable bonds is 5. The molecule has 0 radical (unpaired) electrons. The summed E-state index contributed by atoms with van der Waals surface area (Å²) in [5.41, 5.74) is 7.39. The Hall–Kier alpha value is -4.06. The molecule has 4 aromatic carbocycles. The molecule has 0 unspecified atom stereocenters. The third kappa shape index (κ3) is 5.03. The van der Waals surface area contributed by atoms with Crippen molar-refractivity contribution in [2.24, 2.45) is 0 Å². The summed E-state index contributed by atoms with van der Waals surface area (Å²) in [4.78, 5) is 9.97. The van der Waals surface area contributed by atoms with Crippen LogP contribution in [0.2, 0.25) is 0 Å². The fourth-order valence-corrected chi connectivity index (χ4v) is 4.74. The van der Waals surface area contributed by atoms with Crippen molar-refractivity contribution in [1.82, 2.24) is 9.97 Å². The zero-order valence-electron chi connectivity index (χ0n) is 22.8. The monoisotopic (exact) mass is 510 g/mol. The fourth-order valence-electron chi connectivity index (χ4n) is 4.74. The third-order valence-corrected chi connectivity index (χ3v) is 7.76. The predicted octanol–water partition coefficient (Wildman–Crippen LogP) is 7.44. The highest BCUT2D eigenvalue weighted by Gasteiger charge is 2.51. The summed E-state index contributed by atoms with van der Waals surface area (Å²) in [6, 6.07) is 39.4. The molecule has 0 amide bonds. The molecule has 1 aromatic heterocycles. The smallest absolute Gasteiger partial charge is 0.399 e. The molecule has 1 saturated heterocycles. The zero-order chi connectivity index (χ0) is 27.0. The molecule has 1 aliphatic heterocycles. The van der Waals surface area contributed by atoms with Crippen LogP contribution in [0.4, 0.5) is 0 Å². The van der Waals surface area contributed by atoms with Gasteiger partial charge in [-0.1, -0.05) is 103 Å². The molecule has 5 aromatic rings. The summed E-state index contributed by atoms with van der Waals surface area (Å²) >= 11 is 0. The van der Waals surface area contributed by atoms with Crippen molar-refractivity contribution in [1.29, 1.82) is 0 Å². The van der Waals surface area contributed by atoms with Crippen molar-refractivity contribution >= 4 is 12.6 Å². The Labute approximate surface area is 230 Å². The van der Waals surface area contributed by atoms with E-state index in [4.69, 9.17) is 19.3 Å². The summed E-state index contributed by atoms with van der Waals surface area (Å²) in [5, 5.41) is 0. The Morgan fingerprint density at radius 3 is 1.51 bits per heavy atom.